The number of anilines is 1. The number of aromatic nitrogens is 2. The first kappa shape index (κ1) is 15.7. The molecule has 2 N–H and O–H groups in total. The first-order chi connectivity index (χ1) is 9.65. The Morgan fingerprint density at radius 1 is 1.29 bits per heavy atom. The van der Waals surface area contributed by atoms with Gasteiger partial charge in [-0.3, -0.25) is 4.79 Å². The molecule has 0 bridgehead atoms. The lowest BCUT2D eigenvalue weighted by molar-refractivity contribution is 0.0913. The molecular weight excluding hydrogens is 292 g/mol. The maximum atomic E-state index is 11.9. The van der Waals surface area contributed by atoms with Crippen molar-refractivity contribution in [1.82, 2.24) is 15.5 Å². The number of nitrogens with one attached hydrogen (secondary N) is 2. The molecule has 1 amide bonds. The predicted molar refractivity (Wildman–Crippen MR) is 79.9 cm³/mol. The summed E-state index contributed by atoms with van der Waals surface area (Å²) >= 11 is 0. The minimum atomic E-state index is -2.93. The second-order valence-electron chi connectivity index (χ2n) is 6.25. The van der Waals surface area contributed by atoms with Crippen LogP contribution in [-0.4, -0.2) is 47.6 Å². The average Bonchev–Trinajstić information content (AvgIpc) is 2.67. The average molecular weight is 312 g/mol. The number of amides is 1. The predicted octanol–water partition coefficient (Wildman–Crippen LogP) is 0.604. The lowest BCUT2D eigenvalue weighted by atomic mass is 10.1. The summed E-state index contributed by atoms with van der Waals surface area (Å²) in [4.78, 5) is 11.9. The zero-order chi connectivity index (χ0) is 15.7. The van der Waals surface area contributed by atoms with E-state index in [1.54, 1.807) is 12.1 Å². The Bertz CT molecular complexity index is 620. The summed E-state index contributed by atoms with van der Waals surface area (Å²) in [6, 6.07) is 3.06. The largest absolute Gasteiger partial charge is 0.365 e. The Morgan fingerprint density at radius 3 is 2.48 bits per heavy atom. The van der Waals surface area contributed by atoms with Crippen molar-refractivity contribution in [2.45, 2.75) is 38.8 Å². The summed E-state index contributed by atoms with van der Waals surface area (Å²) in [7, 11) is -2.93. The van der Waals surface area contributed by atoms with Crippen LogP contribution in [0.2, 0.25) is 0 Å². The van der Waals surface area contributed by atoms with Crippen LogP contribution < -0.4 is 10.6 Å². The number of rotatable bonds is 3. The van der Waals surface area contributed by atoms with Gasteiger partial charge in [0, 0.05) is 11.6 Å². The maximum Gasteiger partial charge on any atom is 0.272 e. The van der Waals surface area contributed by atoms with Crippen molar-refractivity contribution in [3.8, 4) is 0 Å². The molecule has 2 heterocycles. The van der Waals surface area contributed by atoms with Crippen molar-refractivity contribution >= 4 is 21.6 Å². The number of sulfone groups is 1. The molecule has 1 aromatic rings. The summed E-state index contributed by atoms with van der Waals surface area (Å²) in [5, 5.41) is 13.6. The van der Waals surface area contributed by atoms with Crippen molar-refractivity contribution in [1.29, 1.82) is 0 Å². The van der Waals surface area contributed by atoms with E-state index in [2.05, 4.69) is 20.8 Å². The molecule has 1 atom stereocenters. The smallest absolute Gasteiger partial charge is 0.272 e. The molecular formula is C13H20N4O3S. The third-order valence-corrected chi connectivity index (χ3v) is 4.74. The molecule has 8 heteroatoms. The minimum Gasteiger partial charge on any atom is -0.365 e. The van der Waals surface area contributed by atoms with E-state index in [0.29, 0.717) is 12.2 Å². The zero-order valence-electron chi connectivity index (χ0n) is 12.4. The first-order valence-corrected chi connectivity index (χ1v) is 8.60. The van der Waals surface area contributed by atoms with Gasteiger partial charge in [-0.05, 0) is 39.3 Å². The molecule has 21 heavy (non-hydrogen) atoms. The number of hydrogen-bond donors (Lipinski definition) is 2. The van der Waals surface area contributed by atoms with Crippen LogP contribution in [-0.2, 0) is 9.84 Å². The van der Waals surface area contributed by atoms with Gasteiger partial charge in [0.15, 0.2) is 15.5 Å². The highest BCUT2D eigenvalue weighted by Gasteiger charge is 2.28. The van der Waals surface area contributed by atoms with E-state index in [1.165, 1.54) is 0 Å². The molecule has 0 aromatic carbocycles. The molecule has 0 saturated carbocycles. The highest BCUT2D eigenvalue weighted by atomic mass is 32.2. The lowest BCUT2D eigenvalue weighted by Gasteiger charge is -2.20. The van der Waals surface area contributed by atoms with E-state index in [4.69, 9.17) is 0 Å². The summed E-state index contributed by atoms with van der Waals surface area (Å²) in [6.07, 6.45) is 0.566. The van der Waals surface area contributed by atoms with Crippen LogP contribution in [0.3, 0.4) is 0 Å². The fourth-order valence-electron chi connectivity index (χ4n) is 2.05. The van der Waals surface area contributed by atoms with E-state index < -0.39 is 9.84 Å². The second-order valence-corrected chi connectivity index (χ2v) is 8.48. The molecule has 116 valence electrons. The first-order valence-electron chi connectivity index (χ1n) is 6.78. The van der Waals surface area contributed by atoms with Crippen LogP contribution in [0.1, 0.15) is 37.7 Å². The zero-order valence-corrected chi connectivity index (χ0v) is 13.2. The van der Waals surface area contributed by atoms with Crippen molar-refractivity contribution in [3.05, 3.63) is 17.8 Å². The Kier molecular flexibility index (Phi) is 4.18. The van der Waals surface area contributed by atoms with Gasteiger partial charge in [-0.15, -0.1) is 10.2 Å². The van der Waals surface area contributed by atoms with Crippen molar-refractivity contribution < 1.29 is 13.2 Å². The Hall–Kier alpha value is -1.70. The lowest BCUT2D eigenvalue weighted by Crippen LogP contribution is -2.41. The van der Waals surface area contributed by atoms with Gasteiger partial charge in [-0.2, -0.15) is 0 Å². The molecule has 0 spiro atoms. The van der Waals surface area contributed by atoms with Crippen LogP contribution in [0, 0.1) is 0 Å². The number of carbonyl (C=O) groups excluding carboxylic acids is 1. The third-order valence-electron chi connectivity index (χ3n) is 2.97. The fourth-order valence-corrected chi connectivity index (χ4v) is 3.73. The molecule has 7 nitrogen and oxygen atoms in total. The van der Waals surface area contributed by atoms with Gasteiger partial charge >= 0.3 is 0 Å². The highest BCUT2D eigenvalue weighted by molar-refractivity contribution is 7.91. The van der Waals surface area contributed by atoms with Crippen LogP contribution in [0.25, 0.3) is 0 Å². The summed E-state index contributed by atoms with van der Waals surface area (Å²) in [6.45, 7) is 5.65. The molecule has 0 aliphatic carbocycles. The van der Waals surface area contributed by atoms with Gasteiger partial charge in [0.25, 0.3) is 5.91 Å². The van der Waals surface area contributed by atoms with Gasteiger partial charge in [0.2, 0.25) is 0 Å². The normalized spacial score (nSPS) is 21.0. The molecule has 1 fully saturated rings. The number of carbonyl (C=O) groups is 1. The van der Waals surface area contributed by atoms with E-state index >= 15 is 0 Å². The van der Waals surface area contributed by atoms with Crippen molar-refractivity contribution in [2.75, 3.05) is 16.8 Å². The van der Waals surface area contributed by atoms with Gasteiger partial charge in [0.05, 0.1) is 11.5 Å². The highest BCUT2D eigenvalue weighted by Crippen LogP contribution is 2.15. The van der Waals surface area contributed by atoms with Gasteiger partial charge in [-0.1, -0.05) is 0 Å². The SMILES string of the molecule is CC(C)(C)NC(=O)c1ccc(NC2CCS(=O)(=O)C2)nn1. The third kappa shape index (κ3) is 4.66. The summed E-state index contributed by atoms with van der Waals surface area (Å²) in [5.41, 5.74) is -0.108. The monoisotopic (exact) mass is 312 g/mol. The summed E-state index contributed by atoms with van der Waals surface area (Å²) in [5.74, 6) is 0.500. The van der Waals surface area contributed by atoms with Crippen LogP contribution >= 0.6 is 0 Å². The molecule has 1 saturated heterocycles. The Labute approximate surface area is 124 Å². The van der Waals surface area contributed by atoms with Crippen LogP contribution in [0.5, 0.6) is 0 Å². The van der Waals surface area contributed by atoms with E-state index in [1.807, 2.05) is 20.8 Å². The minimum absolute atomic E-state index is 0.112. The van der Waals surface area contributed by atoms with Gasteiger partial charge in [-0.25, -0.2) is 8.42 Å². The van der Waals surface area contributed by atoms with Crippen molar-refractivity contribution in [3.63, 3.8) is 0 Å². The standard InChI is InChI=1S/C13H20N4O3S/c1-13(2,3)15-12(18)10-4-5-11(17-16-10)14-9-6-7-21(19,20)8-9/h4-5,9H,6-8H2,1-3H3,(H,14,17)(H,15,18). The molecule has 1 unspecified atom stereocenters. The van der Waals surface area contributed by atoms with Gasteiger partial charge in [0.1, 0.15) is 5.82 Å². The quantitative estimate of drug-likeness (QED) is 0.848. The second kappa shape index (κ2) is 5.59. The van der Waals surface area contributed by atoms with Crippen LogP contribution in [0.15, 0.2) is 12.1 Å². The Balaban J connectivity index is 1.98. The topological polar surface area (TPSA) is 101 Å². The summed E-state index contributed by atoms with van der Waals surface area (Å²) < 4.78 is 22.8. The van der Waals surface area contributed by atoms with E-state index in [9.17, 15) is 13.2 Å². The Morgan fingerprint density at radius 2 is 2.00 bits per heavy atom. The molecule has 1 aliphatic heterocycles. The molecule has 0 radical (unpaired) electrons. The van der Waals surface area contributed by atoms with E-state index in [0.717, 1.165) is 0 Å². The maximum absolute atomic E-state index is 11.9. The molecule has 1 aliphatic rings. The molecule has 2 rings (SSSR count). The van der Waals surface area contributed by atoms with E-state index in [-0.39, 0.29) is 34.7 Å². The fraction of sp³-hybridized carbons (Fsp3) is 0.615. The van der Waals surface area contributed by atoms with Crippen molar-refractivity contribution in [2.24, 2.45) is 0 Å². The molecule has 1 aromatic heterocycles. The number of hydrogen-bond acceptors (Lipinski definition) is 6. The number of nitrogens with zero attached hydrogens (tertiary/aromatic N) is 2. The van der Waals surface area contributed by atoms with Gasteiger partial charge < -0.3 is 10.6 Å². The van der Waals surface area contributed by atoms with Crippen LogP contribution in [0.4, 0.5) is 5.82 Å².